The summed E-state index contributed by atoms with van der Waals surface area (Å²) >= 11 is 0. The molecule has 108 valence electrons. The Morgan fingerprint density at radius 1 is 1.21 bits per heavy atom. The van der Waals surface area contributed by atoms with Gasteiger partial charge in [-0.05, 0) is 51.9 Å². The number of rotatable bonds is 2. The highest BCUT2D eigenvalue weighted by molar-refractivity contribution is 5.74. The zero-order valence-electron chi connectivity index (χ0n) is 12.1. The first-order valence-corrected chi connectivity index (χ1v) is 6.89. The third-order valence-electron chi connectivity index (χ3n) is 4.10. The van der Waals surface area contributed by atoms with E-state index in [0.29, 0.717) is 5.92 Å². The summed E-state index contributed by atoms with van der Waals surface area (Å²) in [7, 11) is 1.42. The quantitative estimate of drug-likeness (QED) is 0.780. The lowest BCUT2D eigenvalue weighted by atomic mass is 9.89. The van der Waals surface area contributed by atoms with Crippen LogP contribution in [0.2, 0.25) is 0 Å². The molecule has 0 aromatic carbocycles. The van der Waals surface area contributed by atoms with Gasteiger partial charge >= 0.3 is 12.1 Å². The SMILES string of the molecule is COC(=O)[C@H]1C[C@H]2CC[C@H]1[C@@H]2NC(=O)OC(C)(C)C. The monoisotopic (exact) mass is 269 g/mol. The van der Waals surface area contributed by atoms with E-state index in [4.69, 9.17) is 9.47 Å². The van der Waals surface area contributed by atoms with Gasteiger partial charge in [0.05, 0.1) is 13.0 Å². The summed E-state index contributed by atoms with van der Waals surface area (Å²) in [5, 5.41) is 2.94. The molecule has 0 spiro atoms. The maximum atomic E-state index is 11.8. The van der Waals surface area contributed by atoms with E-state index in [1.54, 1.807) is 0 Å². The van der Waals surface area contributed by atoms with Gasteiger partial charge in [-0.15, -0.1) is 0 Å². The molecule has 4 atom stereocenters. The van der Waals surface area contributed by atoms with Gasteiger partial charge in [0.15, 0.2) is 0 Å². The molecule has 0 aromatic heterocycles. The molecule has 2 fully saturated rings. The van der Waals surface area contributed by atoms with E-state index in [1.807, 2.05) is 20.8 Å². The Bertz CT molecular complexity index is 374. The third-order valence-corrected chi connectivity index (χ3v) is 4.10. The molecule has 2 aliphatic carbocycles. The van der Waals surface area contributed by atoms with Crippen molar-refractivity contribution in [2.45, 2.75) is 51.7 Å². The lowest BCUT2D eigenvalue weighted by Crippen LogP contribution is -2.42. The Morgan fingerprint density at radius 2 is 1.89 bits per heavy atom. The van der Waals surface area contributed by atoms with E-state index >= 15 is 0 Å². The average Bonchev–Trinajstić information content (AvgIpc) is 2.82. The van der Waals surface area contributed by atoms with Crippen LogP contribution in [0.3, 0.4) is 0 Å². The summed E-state index contributed by atoms with van der Waals surface area (Å²) in [6.45, 7) is 5.52. The zero-order valence-corrected chi connectivity index (χ0v) is 12.1. The van der Waals surface area contributed by atoms with Crippen molar-refractivity contribution in [1.82, 2.24) is 5.32 Å². The fraction of sp³-hybridized carbons (Fsp3) is 0.857. The summed E-state index contributed by atoms with van der Waals surface area (Å²) in [5.41, 5.74) is -0.497. The van der Waals surface area contributed by atoms with Crippen molar-refractivity contribution < 1.29 is 19.1 Å². The first-order chi connectivity index (χ1) is 8.81. The molecule has 5 nitrogen and oxygen atoms in total. The van der Waals surface area contributed by atoms with Crippen LogP contribution in [0.1, 0.15) is 40.0 Å². The van der Waals surface area contributed by atoms with Crippen LogP contribution in [0.15, 0.2) is 0 Å². The van der Waals surface area contributed by atoms with Gasteiger partial charge in [0.2, 0.25) is 0 Å². The number of carbonyl (C=O) groups excluding carboxylic acids is 2. The van der Waals surface area contributed by atoms with Gasteiger partial charge in [-0.3, -0.25) is 4.79 Å². The molecule has 0 radical (unpaired) electrons. The fourth-order valence-corrected chi connectivity index (χ4v) is 3.42. The van der Waals surface area contributed by atoms with Gasteiger partial charge in [0, 0.05) is 6.04 Å². The van der Waals surface area contributed by atoms with Crippen molar-refractivity contribution in [3.63, 3.8) is 0 Å². The van der Waals surface area contributed by atoms with Crippen LogP contribution >= 0.6 is 0 Å². The highest BCUT2D eigenvalue weighted by Crippen LogP contribution is 2.49. The smallest absolute Gasteiger partial charge is 0.407 e. The average molecular weight is 269 g/mol. The number of nitrogens with one attached hydrogen (secondary N) is 1. The predicted octanol–water partition coefficient (Wildman–Crippen LogP) is 2.10. The molecule has 2 rings (SSSR count). The third kappa shape index (κ3) is 3.01. The molecule has 1 N–H and O–H groups in total. The molecule has 1 amide bonds. The molecule has 0 saturated heterocycles. The lowest BCUT2D eigenvalue weighted by molar-refractivity contribution is -0.147. The molecule has 19 heavy (non-hydrogen) atoms. The van der Waals surface area contributed by atoms with Crippen LogP contribution < -0.4 is 5.32 Å². The minimum Gasteiger partial charge on any atom is -0.469 e. The highest BCUT2D eigenvalue weighted by atomic mass is 16.6. The molecule has 0 heterocycles. The van der Waals surface area contributed by atoms with Crippen molar-refractivity contribution in [3.8, 4) is 0 Å². The van der Waals surface area contributed by atoms with Crippen molar-refractivity contribution in [1.29, 1.82) is 0 Å². The second-order valence-corrected chi connectivity index (χ2v) is 6.54. The van der Waals surface area contributed by atoms with Crippen molar-refractivity contribution >= 4 is 12.1 Å². The maximum Gasteiger partial charge on any atom is 0.407 e. The summed E-state index contributed by atoms with van der Waals surface area (Å²) < 4.78 is 10.1. The normalized spacial score (nSPS) is 33.1. The second-order valence-electron chi connectivity index (χ2n) is 6.54. The number of carbonyl (C=O) groups is 2. The van der Waals surface area contributed by atoms with E-state index in [9.17, 15) is 9.59 Å². The summed E-state index contributed by atoms with van der Waals surface area (Å²) in [6.07, 6.45) is 2.47. The van der Waals surface area contributed by atoms with Gasteiger partial charge in [0.1, 0.15) is 5.60 Å². The molecule has 0 aromatic rings. The van der Waals surface area contributed by atoms with Crippen molar-refractivity contribution in [2.75, 3.05) is 7.11 Å². The van der Waals surface area contributed by atoms with Crippen LogP contribution in [0.5, 0.6) is 0 Å². The Morgan fingerprint density at radius 3 is 2.47 bits per heavy atom. The van der Waals surface area contributed by atoms with Gasteiger partial charge in [-0.25, -0.2) is 4.79 Å². The van der Waals surface area contributed by atoms with E-state index in [1.165, 1.54) is 7.11 Å². The first-order valence-electron chi connectivity index (χ1n) is 6.89. The standard InChI is InChI=1S/C14H23NO4/c1-14(2,3)19-13(17)15-11-8-5-6-9(11)10(7-8)12(16)18-4/h8-11H,5-7H2,1-4H3,(H,15,17)/t8-,9-,10+,11-/m1/s1. The summed E-state index contributed by atoms with van der Waals surface area (Å²) in [5.74, 6) is 0.360. The number of esters is 1. The van der Waals surface area contributed by atoms with Gasteiger partial charge in [-0.2, -0.15) is 0 Å². The number of alkyl carbamates (subject to hydrolysis) is 1. The molecule has 2 saturated carbocycles. The predicted molar refractivity (Wildman–Crippen MR) is 69.5 cm³/mol. The number of ether oxygens (including phenoxy) is 2. The molecule has 2 aliphatic rings. The number of methoxy groups -OCH3 is 1. The topological polar surface area (TPSA) is 64.6 Å². The number of fused-ring (bicyclic) bond motifs is 2. The van der Waals surface area contributed by atoms with E-state index < -0.39 is 5.60 Å². The van der Waals surface area contributed by atoms with Gasteiger partial charge in [0.25, 0.3) is 0 Å². The van der Waals surface area contributed by atoms with Crippen LogP contribution in [-0.4, -0.2) is 30.8 Å². The van der Waals surface area contributed by atoms with E-state index in [0.717, 1.165) is 19.3 Å². The first kappa shape index (κ1) is 14.2. The van der Waals surface area contributed by atoms with Crippen LogP contribution in [0, 0.1) is 17.8 Å². The highest BCUT2D eigenvalue weighted by Gasteiger charge is 2.52. The maximum absolute atomic E-state index is 11.8. The number of hydrogen-bond acceptors (Lipinski definition) is 4. The molecular formula is C14H23NO4. The summed E-state index contributed by atoms with van der Waals surface area (Å²) in [4.78, 5) is 23.5. The lowest BCUT2D eigenvalue weighted by Gasteiger charge is -2.24. The van der Waals surface area contributed by atoms with Crippen LogP contribution in [-0.2, 0) is 14.3 Å². The Hall–Kier alpha value is -1.26. The molecular weight excluding hydrogens is 246 g/mol. The Balaban J connectivity index is 1.95. The number of hydrogen-bond donors (Lipinski definition) is 1. The van der Waals surface area contributed by atoms with E-state index in [-0.39, 0.29) is 29.9 Å². The van der Waals surface area contributed by atoms with Gasteiger partial charge < -0.3 is 14.8 Å². The molecule has 2 bridgehead atoms. The van der Waals surface area contributed by atoms with Crippen LogP contribution in [0.4, 0.5) is 4.79 Å². The molecule has 5 heteroatoms. The molecule has 0 aliphatic heterocycles. The number of amides is 1. The van der Waals surface area contributed by atoms with E-state index in [2.05, 4.69) is 5.32 Å². The minimum atomic E-state index is -0.497. The largest absolute Gasteiger partial charge is 0.469 e. The van der Waals surface area contributed by atoms with Crippen LogP contribution in [0.25, 0.3) is 0 Å². The van der Waals surface area contributed by atoms with Gasteiger partial charge in [-0.1, -0.05) is 0 Å². The fourth-order valence-electron chi connectivity index (χ4n) is 3.42. The van der Waals surface area contributed by atoms with Crippen molar-refractivity contribution in [2.24, 2.45) is 17.8 Å². The van der Waals surface area contributed by atoms with Crippen molar-refractivity contribution in [3.05, 3.63) is 0 Å². The minimum absolute atomic E-state index is 0.0546. The Kier molecular flexibility index (Phi) is 3.74. The summed E-state index contributed by atoms with van der Waals surface area (Å²) in [6, 6.07) is 0.0546. The zero-order chi connectivity index (χ0) is 14.2. The molecule has 0 unspecified atom stereocenters. The Labute approximate surface area is 114 Å². The second kappa shape index (κ2) is 5.02.